The van der Waals surface area contributed by atoms with Gasteiger partial charge in [0, 0.05) is 17.3 Å². The smallest absolute Gasteiger partial charge is 0.0692 e. The van der Waals surface area contributed by atoms with E-state index in [-0.39, 0.29) is 0 Å². The van der Waals surface area contributed by atoms with E-state index in [0.29, 0.717) is 24.6 Å². The Morgan fingerprint density at radius 3 is 1.91 bits per heavy atom. The molecular formula is C7H15Cl2NO. The van der Waals surface area contributed by atoms with Crippen LogP contribution in [0.25, 0.3) is 0 Å². The molecule has 0 aliphatic rings. The third-order valence-electron chi connectivity index (χ3n) is 1.95. The first-order valence-electron chi connectivity index (χ1n) is 3.65. The summed E-state index contributed by atoms with van der Waals surface area (Å²) < 4.78 is 0. The van der Waals surface area contributed by atoms with E-state index in [1.807, 2.05) is 0 Å². The standard InChI is InChI=1S/C7H15Cl2NO/c1-6(11)7(10,2-4-8)3-5-9/h6,11H,2-5,10H2,1H3. The van der Waals surface area contributed by atoms with E-state index in [1.165, 1.54) is 0 Å². The van der Waals surface area contributed by atoms with Crippen LogP contribution in [0.4, 0.5) is 0 Å². The lowest BCUT2D eigenvalue weighted by Crippen LogP contribution is -2.50. The fourth-order valence-corrected chi connectivity index (χ4v) is 1.60. The van der Waals surface area contributed by atoms with E-state index < -0.39 is 11.6 Å². The second-order valence-corrected chi connectivity index (χ2v) is 3.54. The molecule has 0 saturated carbocycles. The number of aliphatic hydroxyl groups excluding tert-OH is 1. The van der Waals surface area contributed by atoms with Crippen molar-refractivity contribution in [2.75, 3.05) is 11.8 Å². The summed E-state index contributed by atoms with van der Waals surface area (Å²) in [6, 6.07) is 0. The van der Waals surface area contributed by atoms with Gasteiger partial charge in [-0.1, -0.05) is 0 Å². The molecule has 0 aliphatic carbocycles. The molecular weight excluding hydrogens is 185 g/mol. The zero-order valence-electron chi connectivity index (χ0n) is 6.69. The molecule has 0 heterocycles. The Bertz CT molecular complexity index is 103. The van der Waals surface area contributed by atoms with E-state index >= 15 is 0 Å². The molecule has 68 valence electrons. The second-order valence-electron chi connectivity index (χ2n) is 2.79. The second kappa shape index (κ2) is 5.20. The molecule has 0 aromatic heterocycles. The van der Waals surface area contributed by atoms with Crippen molar-refractivity contribution in [3.05, 3.63) is 0 Å². The highest BCUT2D eigenvalue weighted by Gasteiger charge is 2.28. The fourth-order valence-electron chi connectivity index (χ4n) is 0.895. The summed E-state index contributed by atoms with van der Waals surface area (Å²) in [5.41, 5.74) is 5.24. The van der Waals surface area contributed by atoms with Gasteiger partial charge >= 0.3 is 0 Å². The van der Waals surface area contributed by atoms with E-state index in [2.05, 4.69) is 0 Å². The third-order valence-corrected chi connectivity index (χ3v) is 2.33. The Morgan fingerprint density at radius 1 is 1.36 bits per heavy atom. The Labute approximate surface area is 77.7 Å². The van der Waals surface area contributed by atoms with Crippen LogP contribution in [-0.4, -0.2) is 28.5 Å². The van der Waals surface area contributed by atoms with E-state index in [4.69, 9.17) is 28.9 Å². The Morgan fingerprint density at radius 2 is 1.73 bits per heavy atom. The summed E-state index contributed by atoms with van der Waals surface area (Å²) in [5, 5.41) is 9.29. The predicted molar refractivity (Wildman–Crippen MR) is 49.3 cm³/mol. The van der Waals surface area contributed by atoms with Crippen molar-refractivity contribution in [1.82, 2.24) is 0 Å². The van der Waals surface area contributed by atoms with Crippen LogP contribution >= 0.6 is 23.2 Å². The maximum Gasteiger partial charge on any atom is 0.0692 e. The molecule has 3 N–H and O–H groups in total. The summed E-state index contributed by atoms with van der Waals surface area (Å²) in [4.78, 5) is 0. The Hall–Kier alpha value is 0.500. The van der Waals surface area contributed by atoms with Gasteiger partial charge in [0.05, 0.1) is 6.10 Å². The molecule has 0 aliphatic heterocycles. The SMILES string of the molecule is CC(O)C(N)(CCCl)CCCl. The van der Waals surface area contributed by atoms with Crippen LogP contribution in [0.15, 0.2) is 0 Å². The lowest BCUT2D eigenvalue weighted by molar-refractivity contribution is 0.0957. The molecule has 0 saturated heterocycles. The maximum absolute atomic E-state index is 9.29. The summed E-state index contributed by atoms with van der Waals surface area (Å²) in [5.74, 6) is 0.913. The average Bonchev–Trinajstić information content (AvgIpc) is 1.88. The highest BCUT2D eigenvalue weighted by atomic mass is 35.5. The van der Waals surface area contributed by atoms with Gasteiger partial charge in [-0.15, -0.1) is 23.2 Å². The van der Waals surface area contributed by atoms with Crippen molar-refractivity contribution in [2.24, 2.45) is 5.73 Å². The zero-order valence-corrected chi connectivity index (χ0v) is 8.20. The quantitative estimate of drug-likeness (QED) is 0.657. The average molecular weight is 200 g/mol. The van der Waals surface area contributed by atoms with Gasteiger partial charge in [-0.25, -0.2) is 0 Å². The van der Waals surface area contributed by atoms with Crippen molar-refractivity contribution < 1.29 is 5.11 Å². The summed E-state index contributed by atoms with van der Waals surface area (Å²) in [7, 11) is 0. The molecule has 0 spiro atoms. The van der Waals surface area contributed by atoms with Gasteiger partial charge in [0.15, 0.2) is 0 Å². The van der Waals surface area contributed by atoms with Crippen LogP contribution < -0.4 is 5.73 Å². The number of hydrogen-bond donors (Lipinski definition) is 2. The summed E-state index contributed by atoms with van der Waals surface area (Å²) in [6.07, 6.45) is 0.637. The number of rotatable bonds is 5. The van der Waals surface area contributed by atoms with Gasteiger partial charge < -0.3 is 10.8 Å². The van der Waals surface area contributed by atoms with Gasteiger partial charge in [0.1, 0.15) is 0 Å². The minimum absolute atomic E-state index is 0.457. The number of hydrogen-bond acceptors (Lipinski definition) is 2. The predicted octanol–water partition coefficient (Wildman–Crippen LogP) is 1.32. The molecule has 0 bridgehead atoms. The van der Waals surface area contributed by atoms with Crippen molar-refractivity contribution in [3.8, 4) is 0 Å². The molecule has 1 unspecified atom stereocenters. The van der Waals surface area contributed by atoms with Crippen LogP contribution in [0.3, 0.4) is 0 Å². The van der Waals surface area contributed by atoms with Gasteiger partial charge in [-0.05, 0) is 19.8 Å². The van der Waals surface area contributed by atoms with Crippen molar-refractivity contribution in [1.29, 1.82) is 0 Å². The lowest BCUT2D eigenvalue weighted by atomic mass is 9.89. The molecule has 0 radical (unpaired) electrons. The largest absolute Gasteiger partial charge is 0.392 e. The lowest BCUT2D eigenvalue weighted by Gasteiger charge is -2.31. The summed E-state index contributed by atoms with van der Waals surface area (Å²) in [6.45, 7) is 1.67. The molecule has 4 heteroatoms. The van der Waals surface area contributed by atoms with E-state index in [0.717, 1.165) is 0 Å². The highest BCUT2D eigenvalue weighted by molar-refractivity contribution is 6.18. The van der Waals surface area contributed by atoms with E-state index in [1.54, 1.807) is 6.92 Å². The van der Waals surface area contributed by atoms with Crippen molar-refractivity contribution in [3.63, 3.8) is 0 Å². The van der Waals surface area contributed by atoms with Gasteiger partial charge in [0.25, 0.3) is 0 Å². The minimum Gasteiger partial charge on any atom is -0.392 e. The van der Waals surface area contributed by atoms with Crippen molar-refractivity contribution in [2.45, 2.75) is 31.4 Å². The molecule has 0 aromatic rings. The van der Waals surface area contributed by atoms with E-state index in [9.17, 15) is 5.11 Å². The fraction of sp³-hybridized carbons (Fsp3) is 1.00. The normalized spacial score (nSPS) is 15.0. The first-order valence-corrected chi connectivity index (χ1v) is 4.72. The highest BCUT2D eigenvalue weighted by Crippen LogP contribution is 2.18. The zero-order chi connectivity index (χ0) is 8.91. The first kappa shape index (κ1) is 11.5. The monoisotopic (exact) mass is 199 g/mol. The third kappa shape index (κ3) is 3.61. The number of alkyl halides is 2. The number of halogens is 2. The summed E-state index contributed by atoms with van der Waals surface area (Å²) >= 11 is 11.1. The van der Waals surface area contributed by atoms with Crippen LogP contribution in [0.5, 0.6) is 0 Å². The van der Waals surface area contributed by atoms with Crippen LogP contribution in [-0.2, 0) is 0 Å². The topological polar surface area (TPSA) is 46.2 Å². The van der Waals surface area contributed by atoms with Crippen LogP contribution in [0, 0.1) is 0 Å². The molecule has 1 atom stereocenters. The molecule has 0 amide bonds. The Balaban J connectivity index is 4.01. The minimum atomic E-state index is -0.608. The van der Waals surface area contributed by atoms with Gasteiger partial charge in [-0.3, -0.25) is 0 Å². The molecule has 11 heavy (non-hydrogen) atoms. The van der Waals surface area contributed by atoms with Crippen LogP contribution in [0.2, 0.25) is 0 Å². The molecule has 0 fully saturated rings. The number of aliphatic hydroxyl groups is 1. The Kier molecular flexibility index (Phi) is 5.44. The van der Waals surface area contributed by atoms with Crippen LogP contribution in [0.1, 0.15) is 19.8 Å². The number of nitrogens with two attached hydrogens (primary N) is 1. The molecule has 0 aromatic carbocycles. The molecule has 0 rings (SSSR count). The molecule has 2 nitrogen and oxygen atoms in total. The van der Waals surface area contributed by atoms with Gasteiger partial charge in [0.2, 0.25) is 0 Å². The van der Waals surface area contributed by atoms with Crippen molar-refractivity contribution >= 4 is 23.2 Å². The maximum atomic E-state index is 9.29. The van der Waals surface area contributed by atoms with Gasteiger partial charge in [-0.2, -0.15) is 0 Å². The first-order chi connectivity index (χ1) is 5.06.